The Morgan fingerprint density at radius 3 is 2.87 bits per heavy atom. The quantitative estimate of drug-likeness (QED) is 0.736. The lowest BCUT2D eigenvalue weighted by Crippen LogP contribution is -2.49. The van der Waals surface area contributed by atoms with Crippen molar-refractivity contribution in [2.45, 2.75) is 33.2 Å². The fraction of sp³-hybridized carbons (Fsp3) is 0.471. The topological polar surface area (TPSA) is 46.8 Å². The first-order valence-corrected chi connectivity index (χ1v) is 8.96. The van der Waals surface area contributed by atoms with Gasteiger partial charge in [-0.2, -0.15) is 0 Å². The summed E-state index contributed by atoms with van der Waals surface area (Å²) in [4.78, 5) is 15.8. The van der Waals surface area contributed by atoms with Crippen molar-refractivity contribution in [2.75, 3.05) is 18.0 Å². The molecule has 0 aliphatic carbocycles. The van der Waals surface area contributed by atoms with Crippen molar-refractivity contribution in [2.24, 2.45) is 5.92 Å². The van der Waals surface area contributed by atoms with Crippen molar-refractivity contribution >= 4 is 27.4 Å². The summed E-state index contributed by atoms with van der Waals surface area (Å²) < 4.78 is 3.52. The Morgan fingerprint density at radius 2 is 2.09 bits per heavy atom. The first-order valence-electron chi connectivity index (χ1n) is 8.08. The van der Waals surface area contributed by atoms with Crippen molar-refractivity contribution in [1.82, 2.24) is 19.5 Å². The van der Waals surface area contributed by atoms with E-state index in [1.165, 1.54) is 16.1 Å². The van der Waals surface area contributed by atoms with E-state index in [2.05, 4.69) is 56.8 Å². The summed E-state index contributed by atoms with van der Waals surface area (Å²) in [6, 6.07) is 0. The third kappa shape index (κ3) is 2.51. The maximum absolute atomic E-state index is 4.53. The Hall–Kier alpha value is -1.95. The zero-order valence-corrected chi connectivity index (χ0v) is 14.5. The van der Waals surface area contributed by atoms with Crippen LogP contribution in [0.25, 0.3) is 10.2 Å². The first kappa shape index (κ1) is 14.6. The molecule has 0 unspecified atom stereocenters. The molecule has 3 aromatic rings. The van der Waals surface area contributed by atoms with E-state index in [1.54, 1.807) is 17.7 Å². The molecular formula is C17H21N5S. The number of aryl methyl sites for hydroxylation is 1. The second-order valence-electron chi connectivity index (χ2n) is 6.66. The Kier molecular flexibility index (Phi) is 3.56. The van der Waals surface area contributed by atoms with Crippen molar-refractivity contribution in [1.29, 1.82) is 0 Å². The lowest BCUT2D eigenvalue weighted by atomic mass is 9.99. The molecule has 23 heavy (non-hydrogen) atoms. The minimum atomic E-state index is 0.469. The van der Waals surface area contributed by atoms with Gasteiger partial charge < -0.3 is 9.47 Å². The van der Waals surface area contributed by atoms with E-state index in [4.69, 9.17) is 0 Å². The number of anilines is 1. The van der Waals surface area contributed by atoms with Gasteiger partial charge >= 0.3 is 0 Å². The monoisotopic (exact) mass is 327 g/mol. The maximum atomic E-state index is 4.53. The van der Waals surface area contributed by atoms with Crippen LogP contribution in [0.2, 0.25) is 0 Å². The first-order chi connectivity index (χ1) is 11.1. The molecule has 0 aromatic carbocycles. The van der Waals surface area contributed by atoms with Gasteiger partial charge in [-0.1, -0.05) is 13.8 Å². The van der Waals surface area contributed by atoms with Crippen molar-refractivity contribution in [3.63, 3.8) is 0 Å². The van der Waals surface area contributed by atoms with Crippen LogP contribution in [0.4, 0.5) is 5.82 Å². The molecule has 3 aromatic heterocycles. The van der Waals surface area contributed by atoms with Crippen LogP contribution in [0.15, 0.2) is 24.1 Å². The molecular weight excluding hydrogens is 306 g/mol. The van der Waals surface area contributed by atoms with Gasteiger partial charge in [-0.25, -0.2) is 15.0 Å². The lowest BCUT2D eigenvalue weighted by Gasteiger charge is -2.40. The van der Waals surface area contributed by atoms with Crippen molar-refractivity contribution < 1.29 is 0 Å². The number of hydrogen-bond donors (Lipinski definition) is 0. The van der Waals surface area contributed by atoms with Gasteiger partial charge in [0.25, 0.3) is 0 Å². The van der Waals surface area contributed by atoms with Crippen molar-refractivity contribution in [3.8, 4) is 0 Å². The molecule has 0 radical (unpaired) electrons. The number of rotatable bonds is 4. The third-order valence-corrected chi connectivity index (χ3v) is 5.57. The smallest absolute Gasteiger partial charge is 0.150 e. The summed E-state index contributed by atoms with van der Waals surface area (Å²) >= 11 is 1.75. The molecule has 0 amide bonds. The molecule has 4 heterocycles. The standard InChI is InChI=1S/C17H21N5S/c1-11(2)16-18-4-5-21(16)6-13-7-22(8-13)17-15-14(19-10-20-17)12(3)9-23-15/h4-5,9-11,13H,6-8H2,1-3H3. The van der Waals surface area contributed by atoms with E-state index in [-0.39, 0.29) is 0 Å². The summed E-state index contributed by atoms with van der Waals surface area (Å²) in [5, 5.41) is 2.17. The predicted molar refractivity (Wildman–Crippen MR) is 94.2 cm³/mol. The van der Waals surface area contributed by atoms with Gasteiger partial charge in [0.1, 0.15) is 18.0 Å². The minimum Gasteiger partial charge on any atom is -0.354 e. The fourth-order valence-corrected chi connectivity index (χ4v) is 4.31. The molecule has 1 fully saturated rings. The van der Waals surface area contributed by atoms with Gasteiger partial charge in [0.05, 0.1) is 10.2 Å². The molecule has 4 rings (SSSR count). The van der Waals surface area contributed by atoms with Crippen LogP contribution < -0.4 is 4.90 Å². The molecule has 1 aliphatic rings. The summed E-state index contributed by atoms with van der Waals surface area (Å²) in [6.07, 6.45) is 5.70. The molecule has 120 valence electrons. The molecule has 0 spiro atoms. The highest BCUT2D eigenvalue weighted by Gasteiger charge is 2.30. The molecule has 0 atom stereocenters. The second kappa shape index (κ2) is 5.60. The number of hydrogen-bond acceptors (Lipinski definition) is 5. The Morgan fingerprint density at radius 1 is 1.26 bits per heavy atom. The molecule has 0 saturated carbocycles. The molecule has 0 bridgehead atoms. The van der Waals surface area contributed by atoms with E-state index in [1.807, 2.05) is 6.20 Å². The molecule has 1 aliphatic heterocycles. The van der Waals surface area contributed by atoms with Gasteiger partial charge in [0.2, 0.25) is 0 Å². The molecule has 6 heteroatoms. The Balaban J connectivity index is 1.48. The average molecular weight is 327 g/mol. The van der Waals surface area contributed by atoms with Gasteiger partial charge in [-0.05, 0) is 17.9 Å². The Labute approximate surface area is 140 Å². The average Bonchev–Trinajstić information content (AvgIpc) is 3.10. The number of imidazole rings is 1. The van der Waals surface area contributed by atoms with Crippen molar-refractivity contribution in [3.05, 3.63) is 35.5 Å². The predicted octanol–water partition coefficient (Wildman–Crippen LogP) is 3.46. The second-order valence-corrected chi connectivity index (χ2v) is 7.54. The number of nitrogens with zero attached hydrogens (tertiary/aromatic N) is 5. The van der Waals surface area contributed by atoms with Crippen LogP contribution in [0.1, 0.15) is 31.2 Å². The fourth-order valence-electron chi connectivity index (χ4n) is 3.29. The van der Waals surface area contributed by atoms with E-state index < -0.39 is 0 Å². The van der Waals surface area contributed by atoms with Gasteiger partial charge in [0.15, 0.2) is 0 Å². The highest BCUT2D eigenvalue weighted by Crippen LogP contribution is 2.34. The number of fused-ring (bicyclic) bond motifs is 1. The number of aromatic nitrogens is 4. The molecule has 5 nitrogen and oxygen atoms in total. The maximum Gasteiger partial charge on any atom is 0.150 e. The SMILES string of the molecule is Cc1csc2c(N3CC(Cn4ccnc4C(C)C)C3)ncnc12. The van der Waals surface area contributed by atoms with E-state index in [9.17, 15) is 0 Å². The van der Waals surface area contributed by atoms with E-state index >= 15 is 0 Å². The minimum absolute atomic E-state index is 0.469. The molecule has 1 saturated heterocycles. The van der Waals surface area contributed by atoms with Crippen LogP contribution >= 0.6 is 11.3 Å². The summed E-state index contributed by atoms with van der Waals surface area (Å²) in [5.41, 5.74) is 2.34. The van der Waals surface area contributed by atoms with Crippen LogP contribution in [0.5, 0.6) is 0 Å². The van der Waals surface area contributed by atoms with Gasteiger partial charge in [-0.15, -0.1) is 11.3 Å². The largest absolute Gasteiger partial charge is 0.354 e. The summed E-state index contributed by atoms with van der Waals surface area (Å²) in [7, 11) is 0. The van der Waals surface area contributed by atoms with Crippen LogP contribution in [0.3, 0.4) is 0 Å². The van der Waals surface area contributed by atoms with E-state index in [0.717, 1.165) is 31.0 Å². The zero-order valence-electron chi connectivity index (χ0n) is 13.7. The van der Waals surface area contributed by atoms with E-state index in [0.29, 0.717) is 11.8 Å². The molecule has 0 N–H and O–H groups in total. The highest BCUT2D eigenvalue weighted by molar-refractivity contribution is 7.18. The van der Waals surface area contributed by atoms with Crippen LogP contribution in [-0.4, -0.2) is 32.6 Å². The third-order valence-electron chi connectivity index (χ3n) is 4.49. The highest BCUT2D eigenvalue weighted by atomic mass is 32.1. The summed E-state index contributed by atoms with van der Waals surface area (Å²) in [5.74, 6) is 3.41. The van der Waals surface area contributed by atoms with Crippen LogP contribution in [-0.2, 0) is 6.54 Å². The zero-order chi connectivity index (χ0) is 16.0. The summed E-state index contributed by atoms with van der Waals surface area (Å²) in [6.45, 7) is 9.66. The van der Waals surface area contributed by atoms with Crippen LogP contribution in [0, 0.1) is 12.8 Å². The normalized spacial score (nSPS) is 15.6. The lowest BCUT2D eigenvalue weighted by molar-refractivity contribution is 0.349. The number of thiophene rings is 1. The van der Waals surface area contributed by atoms with Gasteiger partial charge in [-0.3, -0.25) is 0 Å². The van der Waals surface area contributed by atoms with Gasteiger partial charge in [0, 0.05) is 43.9 Å². The Bertz CT molecular complexity index is 828.